The Bertz CT molecular complexity index is 670. The lowest BCUT2D eigenvalue weighted by molar-refractivity contribution is 0.222. The second kappa shape index (κ2) is 7.31. The molecule has 0 aliphatic carbocycles. The molecule has 0 aliphatic heterocycles. The first-order valence-corrected chi connectivity index (χ1v) is 9.33. The monoisotopic (exact) mass is 342 g/mol. The van der Waals surface area contributed by atoms with Gasteiger partial charge in [0.2, 0.25) is 0 Å². The Morgan fingerprint density at radius 3 is 2.29 bits per heavy atom. The number of benzene rings is 2. The molecular formula is C15H15ClO3S2. The molecule has 0 saturated carbocycles. The highest BCUT2D eigenvalue weighted by Gasteiger charge is 2.19. The van der Waals surface area contributed by atoms with Crippen LogP contribution in [0.4, 0.5) is 0 Å². The van der Waals surface area contributed by atoms with Crippen molar-refractivity contribution >= 4 is 33.2 Å². The van der Waals surface area contributed by atoms with Gasteiger partial charge in [0, 0.05) is 15.7 Å². The number of aliphatic hydroxyl groups is 1. The first-order chi connectivity index (χ1) is 9.97. The van der Waals surface area contributed by atoms with Crippen molar-refractivity contribution in [3.8, 4) is 0 Å². The molecule has 0 unspecified atom stereocenters. The van der Waals surface area contributed by atoms with Crippen molar-refractivity contribution in [2.24, 2.45) is 0 Å². The highest BCUT2D eigenvalue weighted by atomic mass is 35.5. The molecule has 0 spiro atoms. The third-order valence-electron chi connectivity index (χ3n) is 2.77. The predicted molar refractivity (Wildman–Crippen MR) is 86.7 cm³/mol. The van der Waals surface area contributed by atoms with Crippen molar-refractivity contribution in [2.75, 3.05) is 11.5 Å². The summed E-state index contributed by atoms with van der Waals surface area (Å²) in [6, 6.07) is 15.4. The van der Waals surface area contributed by atoms with Crippen LogP contribution in [-0.4, -0.2) is 31.1 Å². The van der Waals surface area contributed by atoms with E-state index in [2.05, 4.69) is 0 Å². The third-order valence-corrected chi connectivity index (χ3v) is 5.99. The Hall–Kier alpha value is -1.01. The van der Waals surface area contributed by atoms with Crippen LogP contribution in [0, 0.1) is 0 Å². The highest BCUT2D eigenvalue weighted by molar-refractivity contribution is 7.99. The molecule has 0 saturated heterocycles. The van der Waals surface area contributed by atoms with Gasteiger partial charge in [-0.2, -0.15) is 0 Å². The number of hydrogen-bond acceptors (Lipinski definition) is 4. The zero-order valence-corrected chi connectivity index (χ0v) is 13.5. The third kappa shape index (κ3) is 5.04. The van der Waals surface area contributed by atoms with Gasteiger partial charge in [-0.3, -0.25) is 0 Å². The molecule has 1 N–H and O–H groups in total. The molecule has 6 heteroatoms. The van der Waals surface area contributed by atoms with Crippen LogP contribution in [0.1, 0.15) is 0 Å². The van der Waals surface area contributed by atoms with Gasteiger partial charge in [-0.25, -0.2) is 8.42 Å². The normalized spacial score (nSPS) is 13.0. The standard InChI is InChI=1S/C15H15ClO3S2/c16-12-6-8-14(9-7-12)20-10-13(17)11-21(18,19)15-4-2-1-3-5-15/h1-9,13,17H,10-11H2/t13-/m0/s1. The topological polar surface area (TPSA) is 54.4 Å². The number of hydrogen-bond donors (Lipinski definition) is 1. The molecule has 0 aromatic heterocycles. The van der Waals surface area contributed by atoms with Crippen LogP contribution in [0.25, 0.3) is 0 Å². The van der Waals surface area contributed by atoms with Gasteiger partial charge in [0.15, 0.2) is 9.84 Å². The van der Waals surface area contributed by atoms with Crippen molar-refractivity contribution in [3.63, 3.8) is 0 Å². The second-order valence-electron chi connectivity index (χ2n) is 4.51. The summed E-state index contributed by atoms with van der Waals surface area (Å²) in [6.45, 7) is 0. The van der Waals surface area contributed by atoms with E-state index in [-0.39, 0.29) is 10.6 Å². The molecule has 21 heavy (non-hydrogen) atoms. The van der Waals surface area contributed by atoms with E-state index in [1.54, 1.807) is 30.3 Å². The van der Waals surface area contributed by atoms with Gasteiger partial charge >= 0.3 is 0 Å². The average Bonchev–Trinajstić information content (AvgIpc) is 2.47. The van der Waals surface area contributed by atoms with E-state index in [1.807, 2.05) is 12.1 Å². The van der Waals surface area contributed by atoms with Crippen LogP contribution in [0.5, 0.6) is 0 Å². The summed E-state index contributed by atoms with van der Waals surface area (Å²) < 4.78 is 24.2. The van der Waals surface area contributed by atoms with Crippen LogP contribution in [0.15, 0.2) is 64.4 Å². The Kier molecular flexibility index (Phi) is 5.70. The van der Waals surface area contributed by atoms with E-state index >= 15 is 0 Å². The van der Waals surface area contributed by atoms with E-state index in [4.69, 9.17) is 11.6 Å². The lowest BCUT2D eigenvalue weighted by atomic mass is 10.4. The van der Waals surface area contributed by atoms with E-state index < -0.39 is 15.9 Å². The predicted octanol–water partition coefficient (Wildman–Crippen LogP) is 3.27. The highest BCUT2D eigenvalue weighted by Crippen LogP contribution is 2.22. The Morgan fingerprint density at radius 1 is 1.05 bits per heavy atom. The molecule has 0 radical (unpaired) electrons. The zero-order chi connectivity index (χ0) is 15.3. The number of halogens is 1. The molecule has 2 aromatic rings. The smallest absolute Gasteiger partial charge is 0.180 e. The van der Waals surface area contributed by atoms with Gasteiger partial charge in [-0.1, -0.05) is 29.8 Å². The molecule has 0 aliphatic rings. The Morgan fingerprint density at radius 2 is 1.67 bits per heavy atom. The second-order valence-corrected chi connectivity index (χ2v) is 8.08. The number of aliphatic hydroxyl groups excluding tert-OH is 1. The minimum Gasteiger partial charge on any atom is -0.391 e. The van der Waals surface area contributed by atoms with Crippen LogP contribution in [0.2, 0.25) is 5.02 Å². The maximum atomic E-state index is 12.1. The van der Waals surface area contributed by atoms with E-state index in [0.29, 0.717) is 10.8 Å². The van der Waals surface area contributed by atoms with Gasteiger partial charge in [-0.15, -0.1) is 11.8 Å². The summed E-state index contributed by atoms with van der Waals surface area (Å²) in [6.07, 6.45) is -0.920. The zero-order valence-electron chi connectivity index (χ0n) is 11.1. The SMILES string of the molecule is O=S(=O)(C[C@@H](O)CSc1ccc(Cl)cc1)c1ccccc1. The van der Waals surface area contributed by atoms with E-state index in [1.165, 1.54) is 23.9 Å². The van der Waals surface area contributed by atoms with E-state index in [0.717, 1.165) is 4.90 Å². The van der Waals surface area contributed by atoms with Crippen LogP contribution >= 0.6 is 23.4 Å². The van der Waals surface area contributed by atoms with Gasteiger partial charge in [0.25, 0.3) is 0 Å². The van der Waals surface area contributed by atoms with Gasteiger partial charge in [0.05, 0.1) is 16.8 Å². The number of rotatable bonds is 6. The minimum atomic E-state index is -3.46. The van der Waals surface area contributed by atoms with Gasteiger partial charge < -0.3 is 5.11 Å². The molecule has 0 fully saturated rings. The first-order valence-electron chi connectivity index (χ1n) is 6.31. The molecular weight excluding hydrogens is 328 g/mol. The summed E-state index contributed by atoms with van der Waals surface area (Å²) in [5.74, 6) is 0.0330. The summed E-state index contributed by atoms with van der Waals surface area (Å²) in [4.78, 5) is 1.18. The fraction of sp³-hybridized carbons (Fsp3) is 0.200. The van der Waals surface area contributed by atoms with Crippen molar-refractivity contribution in [1.82, 2.24) is 0 Å². The maximum Gasteiger partial charge on any atom is 0.180 e. The number of thioether (sulfide) groups is 1. The summed E-state index contributed by atoms with van der Waals surface area (Å²) >= 11 is 7.19. The van der Waals surface area contributed by atoms with Crippen molar-refractivity contribution in [3.05, 3.63) is 59.6 Å². The lowest BCUT2D eigenvalue weighted by Crippen LogP contribution is -2.23. The van der Waals surface area contributed by atoms with Gasteiger partial charge in [-0.05, 0) is 36.4 Å². The molecule has 1 atom stereocenters. The van der Waals surface area contributed by atoms with Crippen LogP contribution in [0.3, 0.4) is 0 Å². The number of sulfone groups is 1. The summed E-state index contributed by atoms with van der Waals surface area (Å²) in [7, 11) is -3.46. The maximum absolute atomic E-state index is 12.1. The Balaban J connectivity index is 1.92. The fourth-order valence-corrected chi connectivity index (χ4v) is 4.24. The molecule has 0 amide bonds. The quantitative estimate of drug-likeness (QED) is 0.819. The van der Waals surface area contributed by atoms with Crippen molar-refractivity contribution in [1.29, 1.82) is 0 Å². The molecule has 2 aromatic carbocycles. The van der Waals surface area contributed by atoms with E-state index in [9.17, 15) is 13.5 Å². The molecule has 2 rings (SSSR count). The Labute approximate surface area is 133 Å². The molecule has 112 valence electrons. The summed E-state index contributed by atoms with van der Waals surface area (Å²) in [5.41, 5.74) is 0. The van der Waals surface area contributed by atoms with Crippen molar-refractivity contribution in [2.45, 2.75) is 15.9 Å². The first kappa shape index (κ1) is 16.4. The summed E-state index contributed by atoms with van der Waals surface area (Å²) in [5, 5.41) is 10.6. The minimum absolute atomic E-state index is 0.237. The van der Waals surface area contributed by atoms with Crippen LogP contribution < -0.4 is 0 Å². The molecule has 0 heterocycles. The fourth-order valence-electron chi connectivity index (χ4n) is 1.75. The van der Waals surface area contributed by atoms with Crippen LogP contribution in [-0.2, 0) is 9.84 Å². The van der Waals surface area contributed by atoms with Crippen molar-refractivity contribution < 1.29 is 13.5 Å². The largest absolute Gasteiger partial charge is 0.391 e. The molecule has 3 nitrogen and oxygen atoms in total. The van der Waals surface area contributed by atoms with Gasteiger partial charge in [0.1, 0.15) is 0 Å². The lowest BCUT2D eigenvalue weighted by Gasteiger charge is -2.11. The average molecular weight is 343 g/mol. The molecule has 0 bridgehead atoms.